The summed E-state index contributed by atoms with van der Waals surface area (Å²) in [6.45, 7) is 6.78. The second kappa shape index (κ2) is 13.1. The first-order valence-electron chi connectivity index (χ1n) is 11.9. The van der Waals surface area contributed by atoms with Gasteiger partial charge in [-0.15, -0.1) is 0 Å². The first kappa shape index (κ1) is 26.5. The maximum atomic E-state index is 13.6. The second-order valence-electron chi connectivity index (χ2n) is 9.10. The Hall–Kier alpha value is -3.12. The van der Waals surface area contributed by atoms with Gasteiger partial charge in [0.05, 0.1) is 0 Å². The molecule has 0 aliphatic heterocycles. The number of nitrogens with zero attached hydrogens (tertiary/aromatic N) is 1. The number of halogens is 1. The maximum absolute atomic E-state index is 13.6. The van der Waals surface area contributed by atoms with Crippen LogP contribution in [0.3, 0.4) is 0 Å². The lowest BCUT2D eigenvalue weighted by Crippen LogP contribution is -2.52. The molecule has 0 saturated carbocycles. The number of rotatable bonds is 11. The zero-order valence-electron chi connectivity index (χ0n) is 20.5. The minimum absolute atomic E-state index is 0.153. The van der Waals surface area contributed by atoms with Gasteiger partial charge in [0, 0.05) is 24.0 Å². The quantitative estimate of drug-likeness (QED) is 0.349. The summed E-state index contributed by atoms with van der Waals surface area (Å²) < 4.78 is 6.73. The molecule has 0 aromatic heterocycles. The number of carbonyl (C=O) groups is 2. The average Bonchev–Trinajstić information content (AvgIpc) is 2.85. The number of aryl methyl sites for hydroxylation is 1. The fraction of sp³-hybridized carbons (Fsp3) is 0.310. The summed E-state index contributed by atoms with van der Waals surface area (Å²) >= 11 is 3.51. The van der Waals surface area contributed by atoms with Crippen LogP contribution in [0.25, 0.3) is 0 Å². The fourth-order valence-electron chi connectivity index (χ4n) is 3.67. The minimum Gasteiger partial charge on any atom is -0.484 e. The van der Waals surface area contributed by atoms with E-state index in [2.05, 4.69) is 21.2 Å². The molecule has 184 valence electrons. The molecule has 3 aromatic rings. The van der Waals surface area contributed by atoms with E-state index in [0.29, 0.717) is 31.2 Å². The van der Waals surface area contributed by atoms with E-state index in [1.807, 2.05) is 99.6 Å². The van der Waals surface area contributed by atoms with Gasteiger partial charge in [-0.2, -0.15) is 0 Å². The molecule has 6 heteroatoms. The van der Waals surface area contributed by atoms with Crippen molar-refractivity contribution in [1.29, 1.82) is 0 Å². The Morgan fingerprint density at radius 3 is 2.29 bits per heavy atom. The third-order valence-electron chi connectivity index (χ3n) is 5.58. The lowest BCUT2D eigenvalue weighted by molar-refractivity contribution is -0.142. The average molecular weight is 537 g/mol. The summed E-state index contributed by atoms with van der Waals surface area (Å²) in [5.74, 6) is 0.512. The molecule has 0 aliphatic rings. The Balaban J connectivity index is 1.89. The number of hydrogen-bond acceptors (Lipinski definition) is 3. The van der Waals surface area contributed by atoms with Crippen LogP contribution in [-0.2, 0) is 22.6 Å². The standard InChI is InChI=1S/C29H33BrN2O3/c1-21(2)18-31-29(34)27(17-23-8-5-4-6-9-23)32(19-24-10-7-11-25(30)16-24)28(33)20-35-26-14-12-22(3)13-15-26/h4-16,21,27H,17-20H2,1-3H3,(H,31,34)/t27-/m0/s1. The summed E-state index contributed by atoms with van der Waals surface area (Å²) in [4.78, 5) is 28.6. The van der Waals surface area contributed by atoms with Crippen molar-refractivity contribution in [3.8, 4) is 5.75 Å². The topological polar surface area (TPSA) is 58.6 Å². The summed E-state index contributed by atoms with van der Waals surface area (Å²) in [5.41, 5.74) is 3.03. The van der Waals surface area contributed by atoms with Crippen molar-refractivity contribution in [2.45, 2.75) is 39.8 Å². The Morgan fingerprint density at radius 2 is 1.63 bits per heavy atom. The lowest BCUT2D eigenvalue weighted by Gasteiger charge is -2.31. The zero-order valence-corrected chi connectivity index (χ0v) is 22.1. The van der Waals surface area contributed by atoms with E-state index in [1.54, 1.807) is 4.90 Å². The molecule has 0 heterocycles. The van der Waals surface area contributed by atoms with Crippen molar-refractivity contribution in [3.63, 3.8) is 0 Å². The molecule has 0 radical (unpaired) electrons. The van der Waals surface area contributed by atoms with Crippen LogP contribution in [-0.4, -0.2) is 35.9 Å². The molecule has 0 fully saturated rings. The molecule has 3 rings (SSSR count). The summed E-state index contributed by atoms with van der Waals surface area (Å²) in [7, 11) is 0. The van der Waals surface area contributed by atoms with Crippen LogP contribution in [0.4, 0.5) is 0 Å². The molecule has 0 saturated heterocycles. The first-order chi connectivity index (χ1) is 16.8. The van der Waals surface area contributed by atoms with Crippen LogP contribution < -0.4 is 10.1 Å². The number of ether oxygens (including phenoxy) is 1. The molecule has 1 atom stereocenters. The highest BCUT2D eigenvalue weighted by Crippen LogP contribution is 2.19. The monoisotopic (exact) mass is 536 g/mol. The summed E-state index contributed by atoms with van der Waals surface area (Å²) in [6.07, 6.45) is 0.412. The molecule has 5 nitrogen and oxygen atoms in total. The Kier molecular flexibility index (Phi) is 9.91. The van der Waals surface area contributed by atoms with Crippen molar-refractivity contribution in [2.24, 2.45) is 5.92 Å². The van der Waals surface area contributed by atoms with Gasteiger partial charge in [0.25, 0.3) is 5.91 Å². The normalized spacial score (nSPS) is 11.7. The van der Waals surface area contributed by atoms with Gasteiger partial charge >= 0.3 is 0 Å². The molecule has 0 aliphatic carbocycles. The molecular formula is C29H33BrN2O3. The van der Waals surface area contributed by atoms with Gasteiger partial charge in [-0.25, -0.2) is 0 Å². The predicted octanol–water partition coefficient (Wildman–Crippen LogP) is 5.55. The molecule has 0 unspecified atom stereocenters. The van der Waals surface area contributed by atoms with Crippen LogP contribution in [0, 0.1) is 12.8 Å². The Bertz CT molecular complexity index is 1100. The van der Waals surface area contributed by atoms with Gasteiger partial charge in [-0.05, 0) is 48.2 Å². The van der Waals surface area contributed by atoms with Crippen LogP contribution in [0.15, 0.2) is 83.3 Å². The fourth-order valence-corrected chi connectivity index (χ4v) is 4.12. The summed E-state index contributed by atoms with van der Waals surface area (Å²) in [5, 5.41) is 3.03. The molecule has 35 heavy (non-hydrogen) atoms. The number of carbonyl (C=O) groups excluding carboxylic acids is 2. The highest BCUT2D eigenvalue weighted by molar-refractivity contribution is 9.10. The molecule has 3 aromatic carbocycles. The number of nitrogens with one attached hydrogen (secondary N) is 1. The van der Waals surface area contributed by atoms with Crippen molar-refractivity contribution in [3.05, 3.63) is 100 Å². The van der Waals surface area contributed by atoms with Crippen LogP contribution in [0.1, 0.15) is 30.5 Å². The first-order valence-corrected chi connectivity index (χ1v) is 12.7. The van der Waals surface area contributed by atoms with E-state index < -0.39 is 6.04 Å². The number of hydrogen-bond donors (Lipinski definition) is 1. The summed E-state index contributed by atoms with van der Waals surface area (Å²) in [6, 6.07) is 24.5. The van der Waals surface area contributed by atoms with Crippen molar-refractivity contribution >= 4 is 27.7 Å². The van der Waals surface area contributed by atoms with Crippen molar-refractivity contribution in [1.82, 2.24) is 10.2 Å². The van der Waals surface area contributed by atoms with Crippen molar-refractivity contribution < 1.29 is 14.3 Å². The van der Waals surface area contributed by atoms with Crippen LogP contribution in [0.5, 0.6) is 5.75 Å². The van der Waals surface area contributed by atoms with Gasteiger partial charge in [0.1, 0.15) is 11.8 Å². The second-order valence-corrected chi connectivity index (χ2v) is 10.0. The highest BCUT2D eigenvalue weighted by Gasteiger charge is 2.30. The molecule has 2 amide bonds. The van der Waals surface area contributed by atoms with E-state index in [0.717, 1.165) is 21.2 Å². The number of amides is 2. The van der Waals surface area contributed by atoms with Gasteiger partial charge < -0.3 is 15.0 Å². The maximum Gasteiger partial charge on any atom is 0.261 e. The number of benzene rings is 3. The molecule has 1 N–H and O–H groups in total. The van der Waals surface area contributed by atoms with E-state index in [9.17, 15) is 9.59 Å². The molecular weight excluding hydrogens is 504 g/mol. The van der Waals surface area contributed by atoms with E-state index in [1.165, 1.54) is 0 Å². The Labute approximate surface area is 216 Å². The lowest BCUT2D eigenvalue weighted by atomic mass is 10.0. The van der Waals surface area contributed by atoms with Crippen LogP contribution in [0.2, 0.25) is 0 Å². The van der Waals surface area contributed by atoms with Gasteiger partial charge in [-0.3, -0.25) is 9.59 Å². The van der Waals surface area contributed by atoms with Gasteiger partial charge in [0.15, 0.2) is 6.61 Å². The SMILES string of the molecule is Cc1ccc(OCC(=O)N(Cc2cccc(Br)c2)[C@@H](Cc2ccccc2)C(=O)NCC(C)C)cc1. The molecule has 0 bridgehead atoms. The van der Waals surface area contributed by atoms with Crippen molar-refractivity contribution in [2.75, 3.05) is 13.2 Å². The van der Waals surface area contributed by atoms with Gasteiger partial charge in [0.2, 0.25) is 5.91 Å². The largest absolute Gasteiger partial charge is 0.484 e. The highest BCUT2D eigenvalue weighted by atomic mass is 79.9. The third kappa shape index (κ3) is 8.55. The smallest absolute Gasteiger partial charge is 0.261 e. The minimum atomic E-state index is -0.677. The third-order valence-corrected chi connectivity index (χ3v) is 6.07. The van der Waals surface area contributed by atoms with Gasteiger partial charge in [-0.1, -0.05) is 89.9 Å². The Morgan fingerprint density at radius 1 is 0.943 bits per heavy atom. The van der Waals surface area contributed by atoms with Crippen LogP contribution >= 0.6 is 15.9 Å². The zero-order chi connectivity index (χ0) is 25.2. The van der Waals surface area contributed by atoms with E-state index in [4.69, 9.17) is 4.74 Å². The van der Waals surface area contributed by atoms with E-state index >= 15 is 0 Å². The predicted molar refractivity (Wildman–Crippen MR) is 143 cm³/mol. The molecule has 0 spiro atoms. The van der Waals surface area contributed by atoms with E-state index in [-0.39, 0.29) is 18.4 Å².